The van der Waals surface area contributed by atoms with Gasteiger partial charge in [-0.25, -0.2) is 8.42 Å². The molecule has 1 amide bonds. The predicted molar refractivity (Wildman–Crippen MR) is 118 cm³/mol. The van der Waals surface area contributed by atoms with Crippen molar-refractivity contribution in [1.29, 1.82) is 0 Å². The van der Waals surface area contributed by atoms with E-state index in [9.17, 15) is 18.0 Å². The highest BCUT2D eigenvalue weighted by Crippen LogP contribution is 2.39. The number of likely N-dealkylation sites (tertiary alicyclic amines) is 1. The number of amides is 1. The maximum absolute atomic E-state index is 13.1. The summed E-state index contributed by atoms with van der Waals surface area (Å²) in [6.07, 6.45) is 1.32. The van der Waals surface area contributed by atoms with Crippen molar-refractivity contribution in [3.05, 3.63) is 58.0 Å². The van der Waals surface area contributed by atoms with Gasteiger partial charge in [0.05, 0.1) is 24.2 Å². The van der Waals surface area contributed by atoms with E-state index in [1.807, 2.05) is 4.90 Å². The highest BCUT2D eigenvalue weighted by atomic mass is 32.2. The van der Waals surface area contributed by atoms with Crippen molar-refractivity contribution in [2.24, 2.45) is 5.92 Å². The van der Waals surface area contributed by atoms with Crippen molar-refractivity contribution in [3.63, 3.8) is 0 Å². The van der Waals surface area contributed by atoms with Crippen LogP contribution >= 0.6 is 0 Å². The predicted octanol–water partition coefficient (Wildman–Crippen LogP) is 2.27. The van der Waals surface area contributed by atoms with Gasteiger partial charge in [-0.2, -0.15) is 0 Å². The number of fused-ring (bicyclic) bond motifs is 4. The molecule has 9 heteroatoms. The Bertz CT molecular complexity index is 1140. The normalized spacial score (nSPS) is 20.1. The number of methoxy groups -OCH3 is 1. The molecule has 0 aliphatic carbocycles. The van der Waals surface area contributed by atoms with Crippen molar-refractivity contribution in [3.8, 4) is 5.75 Å². The molecule has 0 spiro atoms. The van der Waals surface area contributed by atoms with Gasteiger partial charge in [0.25, 0.3) is 11.5 Å². The zero-order chi connectivity index (χ0) is 22.2. The van der Waals surface area contributed by atoms with Gasteiger partial charge in [-0.1, -0.05) is 6.92 Å². The molecule has 2 aliphatic heterocycles. The van der Waals surface area contributed by atoms with E-state index < -0.39 is 10.0 Å². The maximum Gasteiger partial charge on any atom is 0.253 e. The molecule has 3 heterocycles. The Kier molecular flexibility index (Phi) is 5.79. The Morgan fingerprint density at radius 1 is 1.13 bits per heavy atom. The van der Waals surface area contributed by atoms with Gasteiger partial charge < -0.3 is 14.2 Å². The zero-order valence-corrected chi connectivity index (χ0v) is 18.5. The zero-order valence-electron chi connectivity index (χ0n) is 17.7. The second-order valence-corrected chi connectivity index (χ2v) is 10.1. The minimum Gasteiger partial charge on any atom is -0.497 e. The Labute approximate surface area is 181 Å². The fraction of sp³-hybridized carbons (Fsp3) is 0.455. The molecule has 2 bridgehead atoms. The number of hydrogen-bond donors (Lipinski definition) is 1. The third-order valence-electron chi connectivity index (χ3n) is 5.95. The first kappa shape index (κ1) is 21.4. The highest BCUT2D eigenvalue weighted by molar-refractivity contribution is 7.92. The number of piperidine rings is 1. The van der Waals surface area contributed by atoms with Gasteiger partial charge in [-0.05, 0) is 49.1 Å². The number of hydrogen-bond acceptors (Lipinski definition) is 5. The van der Waals surface area contributed by atoms with E-state index in [2.05, 4.69) is 4.72 Å². The highest BCUT2D eigenvalue weighted by Gasteiger charge is 2.38. The van der Waals surface area contributed by atoms with E-state index in [0.717, 1.165) is 6.42 Å². The summed E-state index contributed by atoms with van der Waals surface area (Å²) >= 11 is 0. The number of benzene rings is 1. The lowest BCUT2D eigenvalue weighted by Gasteiger charge is -2.43. The van der Waals surface area contributed by atoms with Crippen molar-refractivity contribution >= 4 is 21.6 Å². The fourth-order valence-corrected chi connectivity index (χ4v) is 5.82. The van der Waals surface area contributed by atoms with Crippen LogP contribution < -0.4 is 15.0 Å². The van der Waals surface area contributed by atoms with Crippen LogP contribution in [0.3, 0.4) is 0 Å². The third kappa shape index (κ3) is 4.32. The Morgan fingerprint density at radius 3 is 2.55 bits per heavy atom. The van der Waals surface area contributed by atoms with E-state index in [1.54, 1.807) is 48.9 Å². The van der Waals surface area contributed by atoms with Crippen molar-refractivity contribution < 1.29 is 17.9 Å². The minimum atomic E-state index is -3.50. The number of sulfonamides is 1. The standard InChI is InChI=1S/C22H27N3O5S/c1-3-10-31(28,29)23-19-8-9-20(26)25-13-15-11-17(21(19)25)14-24(12-15)22(27)16-4-6-18(30-2)7-5-16/h4-9,15,17,23H,3,10-14H2,1-2H3/t15-,17+/m0/s1. The molecule has 1 aromatic carbocycles. The average Bonchev–Trinajstić information content (AvgIpc) is 2.75. The molecular formula is C22H27N3O5S. The van der Waals surface area contributed by atoms with Crippen LogP contribution in [0.2, 0.25) is 0 Å². The molecule has 1 fully saturated rings. The Hall–Kier alpha value is -2.81. The summed E-state index contributed by atoms with van der Waals surface area (Å²) in [6, 6.07) is 9.96. The molecule has 4 rings (SSSR count). The lowest BCUT2D eigenvalue weighted by Crippen LogP contribution is -2.49. The van der Waals surface area contributed by atoms with Crippen LogP contribution in [0, 0.1) is 5.92 Å². The minimum absolute atomic E-state index is 0.0148. The summed E-state index contributed by atoms with van der Waals surface area (Å²) in [5.74, 6) is 0.666. The molecule has 0 unspecified atom stereocenters. The Morgan fingerprint density at radius 2 is 1.87 bits per heavy atom. The number of aromatic nitrogens is 1. The number of nitrogens with one attached hydrogen (secondary N) is 1. The van der Waals surface area contributed by atoms with Crippen LogP contribution in [-0.4, -0.2) is 49.7 Å². The second kappa shape index (κ2) is 8.37. The van der Waals surface area contributed by atoms with E-state index in [4.69, 9.17) is 4.74 Å². The lowest BCUT2D eigenvalue weighted by atomic mass is 9.82. The van der Waals surface area contributed by atoms with Gasteiger partial charge in [0.1, 0.15) is 5.75 Å². The van der Waals surface area contributed by atoms with Crippen LogP contribution in [0.25, 0.3) is 0 Å². The number of nitrogens with zero attached hydrogens (tertiary/aromatic N) is 2. The van der Waals surface area contributed by atoms with Crippen molar-refractivity contribution in [1.82, 2.24) is 9.47 Å². The first-order valence-electron chi connectivity index (χ1n) is 10.5. The van der Waals surface area contributed by atoms with Crippen LogP contribution in [0.15, 0.2) is 41.2 Å². The smallest absolute Gasteiger partial charge is 0.253 e. The molecular weight excluding hydrogens is 418 g/mol. The van der Waals surface area contributed by atoms with Gasteiger partial charge in [0.2, 0.25) is 10.0 Å². The third-order valence-corrected chi connectivity index (χ3v) is 7.43. The second-order valence-electron chi connectivity index (χ2n) is 8.24. The molecule has 8 nitrogen and oxygen atoms in total. The largest absolute Gasteiger partial charge is 0.497 e. The number of anilines is 1. The molecule has 166 valence electrons. The molecule has 1 aromatic heterocycles. The van der Waals surface area contributed by atoms with Gasteiger partial charge >= 0.3 is 0 Å². The lowest BCUT2D eigenvalue weighted by molar-refractivity contribution is 0.0595. The van der Waals surface area contributed by atoms with Gasteiger partial charge in [0.15, 0.2) is 0 Å². The molecule has 2 aromatic rings. The molecule has 2 atom stereocenters. The van der Waals surface area contributed by atoms with Crippen molar-refractivity contribution in [2.75, 3.05) is 30.7 Å². The molecule has 0 saturated carbocycles. The SMILES string of the molecule is CCCS(=O)(=O)Nc1ccc(=O)n2c1[C@@H]1C[C@@H](CN(C(=O)c3ccc(OC)cc3)C1)C2. The summed E-state index contributed by atoms with van der Waals surface area (Å²) in [5.41, 5.74) is 1.55. The van der Waals surface area contributed by atoms with Gasteiger partial charge in [0, 0.05) is 37.2 Å². The molecule has 31 heavy (non-hydrogen) atoms. The van der Waals surface area contributed by atoms with Crippen LogP contribution in [0.1, 0.15) is 41.7 Å². The van der Waals surface area contributed by atoms with Crippen LogP contribution in [-0.2, 0) is 16.6 Å². The monoisotopic (exact) mass is 445 g/mol. The number of ether oxygens (including phenoxy) is 1. The summed E-state index contributed by atoms with van der Waals surface area (Å²) in [4.78, 5) is 27.5. The molecule has 0 radical (unpaired) electrons. The molecule has 1 saturated heterocycles. The van der Waals surface area contributed by atoms with E-state index in [0.29, 0.717) is 48.7 Å². The summed E-state index contributed by atoms with van der Waals surface area (Å²) in [7, 11) is -1.92. The molecule has 2 aliphatic rings. The maximum atomic E-state index is 13.1. The summed E-state index contributed by atoms with van der Waals surface area (Å²) in [6.45, 7) is 3.28. The van der Waals surface area contributed by atoms with E-state index in [-0.39, 0.29) is 29.1 Å². The van der Waals surface area contributed by atoms with Gasteiger partial charge in [-0.15, -0.1) is 0 Å². The quantitative estimate of drug-likeness (QED) is 0.736. The number of carbonyl (C=O) groups excluding carboxylic acids is 1. The first-order chi connectivity index (χ1) is 14.8. The summed E-state index contributed by atoms with van der Waals surface area (Å²) < 4.78 is 34.3. The summed E-state index contributed by atoms with van der Waals surface area (Å²) in [5, 5.41) is 0. The number of carbonyl (C=O) groups is 1. The first-order valence-corrected chi connectivity index (χ1v) is 12.1. The van der Waals surface area contributed by atoms with E-state index in [1.165, 1.54) is 6.07 Å². The fourth-order valence-electron chi connectivity index (χ4n) is 4.67. The number of rotatable bonds is 6. The average molecular weight is 446 g/mol. The van der Waals surface area contributed by atoms with Gasteiger partial charge in [-0.3, -0.25) is 14.3 Å². The molecule has 1 N–H and O–H groups in total. The number of pyridine rings is 1. The Balaban J connectivity index is 1.64. The van der Waals surface area contributed by atoms with Crippen LogP contribution in [0.5, 0.6) is 5.75 Å². The van der Waals surface area contributed by atoms with Crippen molar-refractivity contribution in [2.45, 2.75) is 32.2 Å². The van der Waals surface area contributed by atoms with E-state index >= 15 is 0 Å². The topological polar surface area (TPSA) is 97.7 Å². The van der Waals surface area contributed by atoms with Crippen LogP contribution in [0.4, 0.5) is 5.69 Å².